The second-order valence-corrected chi connectivity index (χ2v) is 6.25. The van der Waals surface area contributed by atoms with Crippen molar-refractivity contribution in [1.82, 2.24) is 0 Å². The zero-order chi connectivity index (χ0) is 20.0. The van der Waals surface area contributed by atoms with Crippen LogP contribution < -0.4 is 4.74 Å². The highest BCUT2D eigenvalue weighted by molar-refractivity contribution is 6.17. The van der Waals surface area contributed by atoms with Crippen LogP contribution in [0.3, 0.4) is 0 Å². The molecular weight excluding hydrogens is 406 g/mol. The molecule has 0 aliphatic carbocycles. The van der Waals surface area contributed by atoms with E-state index in [1.807, 2.05) is 0 Å². The van der Waals surface area contributed by atoms with Gasteiger partial charge in [-0.25, -0.2) is 0 Å². The minimum absolute atomic E-state index is 0. The Morgan fingerprint density at radius 1 is 1.26 bits per heavy atom. The number of ether oxygens (including phenoxy) is 3. The van der Waals surface area contributed by atoms with E-state index in [2.05, 4.69) is 0 Å². The zero-order valence-corrected chi connectivity index (χ0v) is 17.4. The minimum atomic E-state index is -4.60. The monoisotopic (exact) mass is 431 g/mol. The van der Waals surface area contributed by atoms with Crippen LogP contribution in [-0.2, 0) is 15.1 Å². The molecule has 0 saturated carbocycles. The Balaban J connectivity index is 0.00000676. The van der Waals surface area contributed by atoms with E-state index < -0.39 is 17.7 Å². The van der Waals surface area contributed by atoms with Gasteiger partial charge in [0.15, 0.2) is 11.5 Å². The number of rotatable bonds is 9. The number of alkyl halides is 4. The SMILES string of the molecule is CCOC(=N)C(CCCCl)c1cc(C(C)(OC)C(F)(F)F)ccc1OC.Cl. The van der Waals surface area contributed by atoms with E-state index in [-0.39, 0.29) is 30.5 Å². The lowest BCUT2D eigenvalue weighted by atomic mass is 9.87. The summed E-state index contributed by atoms with van der Waals surface area (Å²) in [6.07, 6.45) is -3.57. The first-order valence-corrected chi connectivity index (χ1v) is 8.77. The van der Waals surface area contributed by atoms with Crippen molar-refractivity contribution in [2.45, 2.75) is 44.4 Å². The van der Waals surface area contributed by atoms with E-state index in [0.717, 1.165) is 14.0 Å². The summed E-state index contributed by atoms with van der Waals surface area (Å²) in [5, 5.41) is 8.15. The molecule has 0 saturated heterocycles. The lowest BCUT2D eigenvalue weighted by Gasteiger charge is -2.32. The number of methoxy groups -OCH3 is 2. The molecule has 0 aliphatic heterocycles. The highest BCUT2D eigenvalue weighted by Gasteiger charge is 2.53. The largest absolute Gasteiger partial charge is 0.496 e. The van der Waals surface area contributed by atoms with Gasteiger partial charge >= 0.3 is 6.18 Å². The summed E-state index contributed by atoms with van der Waals surface area (Å²) in [5.74, 6) is 0.173. The molecule has 0 fully saturated rings. The van der Waals surface area contributed by atoms with Crippen LogP contribution in [0, 0.1) is 5.41 Å². The van der Waals surface area contributed by atoms with Crippen LogP contribution in [0.1, 0.15) is 43.7 Å². The molecule has 0 aliphatic rings. The third-order valence-electron chi connectivity index (χ3n) is 4.35. The van der Waals surface area contributed by atoms with E-state index >= 15 is 0 Å². The van der Waals surface area contributed by atoms with Gasteiger partial charge in [-0.15, -0.1) is 24.0 Å². The van der Waals surface area contributed by atoms with Gasteiger partial charge in [0.25, 0.3) is 0 Å². The smallest absolute Gasteiger partial charge is 0.421 e. The second-order valence-electron chi connectivity index (χ2n) is 5.87. The van der Waals surface area contributed by atoms with Crippen LogP contribution in [0.25, 0.3) is 0 Å². The molecule has 156 valence electrons. The molecule has 1 aromatic rings. The quantitative estimate of drug-likeness (QED) is 0.311. The highest BCUT2D eigenvalue weighted by Crippen LogP contribution is 2.44. The van der Waals surface area contributed by atoms with E-state index in [1.54, 1.807) is 6.92 Å². The fourth-order valence-corrected chi connectivity index (χ4v) is 2.82. The van der Waals surface area contributed by atoms with Gasteiger partial charge in [-0.1, -0.05) is 6.07 Å². The van der Waals surface area contributed by atoms with Crippen molar-refractivity contribution in [2.24, 2.45) is 0 Å². The first kappa shape index (κ1) is 25.8. The maximum absolute atomic E-state index is 13.5. The molecule has 4 nitrogen and oxygen atoms in total. The van der Waals surface area contributed by atoms with Crippen LogP contribution in [0.2, 0.25) is 0 Å². The number of halogens is 5. The summed E-state index contributed by atoms with van der Waals surface area (Å²) in [4.78, 5) is 0. The Kier molecular flexibility index (Phi) is 10.5. The normalized spacial score (nSPS) is 14.7. The van der Waals surface area contributed by atoms with Gasteiger partial charge in [0.1, 0.15) is 5.75 Å². The molecule has 1 rings (SSSR count). The summed E-state index contributed by atoms with van der Waals surface area (Å²) in [6.45, 7) is 3.00. The van der Waals surface area contributed by atoms with Crippen molar-refractivity contribution < 1.29 is 27.4 Å². The molecule has 0 radical (unpaired) electrons. The molecule has 0 amide bonds. The first-order chi connectivity index (χ1) is 12.2. The molecule has 0 aromatic heterocycles. The third-order valence-corrected chi connectivity index (χ3v) is 4.62. The van der Waals surface area contributed by atoms with E-state index in [0.29, 0.717) is 30.0 Å². The summed E-state index contributed by atoms with van der Waals surface area (Å²) in [7, 11) is 2.45. The second kappa shape index (κ2) is 11.0. The number of benzene rings is 1. The van der Waals surface area contributed by atoms with Crippen molar-refractivity contribution >= 4 is 29.9 Å². The lowest BCUT2D eigenvalue weighted by molar-refractivity contribution is -0.269. The predicted molar refractivity (Wildman–Crippen MR) is 103 cm³/mol. The van der Waals surface area contributed by atoms with Crippen LogP contribution in [-0.4, -0.2) is 38.8 Å². The molecule has 0 heterocycles. The minimum Gasteiger partial charge on any atom is -0.496 e. The maximum Gasteiger partial charge on any atom is 0.421 e. The number of nitrogens with one attached hydrogen (secondary N) is 1. The molecule has 0 spiro atoms. The first-order valence-electron chi connectivity index (χ1n) is 8.23. The van der Waals surface area contributed by atoms with Gasteiger partial charge < -0.3 is 14.2 Å². The van der Waals surface area contributed by atoms with Crippen LogP contribution in [0.4, 0.5) is 13.2 Å². The highest BCUT2D eigenvalue weighted by atomic mass is 35.5. The van der Waals surface area contributed by atoms with Crippen molar-refractivity contribution in [3.05, 3.63) is 29.3 Å². The molecule has 27 heavy (non-hydrogen) atoms. The van der Waals surface area contributed by atoms with Crippen LogP contribution in [0.15, 0.2) is 18.2 Å². The fourth-order valence-electron chi connectivity index (χ4n) is 2.67. The van der Waals surface area contributed by atoms with Gasteiger partial charge in [0, 0.05) is 18.6 Å². The zero-order valence-electron chi connectivity index (χ0n) is 15.8. The molecule has 1 N–H and O–H groups in total. The third kappa shape index (κ3) is 5.90. The average molecular weight is 432 g/mol. The van der Waals surface area contributed by atoms with Gasteiger partial charge in [0.05, 0.1) is 19.6 Å². The standard InChI is InChI=1S/C18H25ClF3NO3.ClH/c1-5-26-16(23)13(7-6-10-19)14-11-12(8-9-15(14)24-3)17(2,25-4)18(20,21)22;/h8-9,11,13,23H,5-7,10H2,1-4H3;1H. The van der Waals surface area contributed by atoms with E-state index in [9.17, 15) is 13.2 Å². The summed E-state index contributed by atoms with van der Waals surface area (Å²) >= 11 is 5.76. The Bertz CT molecular complexity index is 614. The van der Waals surface area contributed by atoms with Crippen molar-refractivity contribution in [1.29, 1.82) is 5.41 Å². The number of hydrogen-bond donors (Lipinski definition) is 1. The predicted octanol–water partition coefficient (Wildman–Crippen LogP) is 5.66. The average Bonchev–Trinajstić information content (AvgIpc) is 2.60. The molecule has 0 bridgehead atoms. The molecule has 1 aromatic carbocycles. The van der Waals surface area contributed by atoms with Gasteiger partial charge in [-0.05, 0) is 44.4 Å². The Morgan fingerprint density at radius 2 is 1.89 bits per heavy atom. The molecule has 2 unspecified atom stereocenters. The summed E-state index contributed by atoms with van der Waals surface area (Å²) in [5.41, 5.74) is -2.09. The topological polar surface area (TPSA) is 51.5 Å². The Labute approximate surface area is 169 Å². The van der Waals surface area contributed by atoms with Gasteiger partial charge in [-0.3, -0.25) is 5.41 Å². The number of hydrogen-bond acceptors (Lipinski definition) is 4. The molecular formula is C18H26Cl2F3NO3. The summed E-state index contributed by atoms with van der Waals surface area (Å²) < 4.78 is 56.1. The van der Waals surface area contributed by atoms with Gasteiger partial charge in [-0.2, -0.15) is 13.2 Å². The van der Waals surface area contributed by atoms with E-state index in [1.165, 1.54) is 25.3 Å². The molecule has 9 heteroatoms. The Morgan fingerprint density at radius 3 is 2.33 bits per heavy atom. The maximum atomic E-state index is 13.5. The Hall–Kier alpha value is -1.18. The van der Waals surface area contributed by atoms with Crippen molar-refractivity contribution in [3.63, 3.8) is 0 Å². The van der Waals surface area contributed by atoms with Crippen molar-refractivity contribution in [2.75, 3.05) is 26.7 Å². The molecule has 2 atom stereocenters. The summed E-state index contributed by atoms with van der Waals surface area (Å²) in [6, 6.07) is 4.16. The van der Waals surface area contributed by atoms with Gasteiger partial charge in [0.2, 0.25) is 0 Å². The van der Waals surface area contributed by atoms with Crippen molar-refractivity contribution in [3.8, 4) is 5.75 Å². The lowest BCUT2D eigenvalue weighted by Crippen LogP contribution is -2.41. The fraction of sp³-hybridized carbons (Fsp3) is 0.611. The van der Waals surface area contributed by atoms with E-state index in [4.69, 9.17) is 31.2 Å². The van der Waals surface area contributed by atoms with Crippen LogP contribution in [0.5, 0.6) is 5.75 Å². The van der Waals surface area contributed by atoms with Crippen LogP contribution >= 0.6 is 24.0 Å².